The fourth-order valence-corrected chi connectivity index (χ4v) is 2.36. The summed E-state index contributed by atoms with van der Waals surface area (Å²) in [5.41, 5.74) is 9.59. The zero-order valence-corrected chi connectivity index (χ0v) is 10.9. The van der Waals surface area contributed by atoms with Gasteiger partial charge in [-0.15, -0.1) is 0 Å². The Labute approximate surface area is 106 Å². The number of ether oxygens (including phenoxy) is 1. The third-order valence-corrected chi connectivity index (χ3v) is 3.29. The molecule has 0 aliphatic rings. The van der Waals surface area contributed by atoms with Crippen LogP contribution in [0.25, 0.3) is 10.9 Å². The van der Waals surface area contributed by atoms with E-state index in [-0.39, 0.29) is 0 Å². The molecule has 2 N–H and O–H groups in total. The van der Waals surface area contributed by atoms with Crippen LogP contribution in [0.2, 0.25) is 5.02 Å². The third kappa shape index (κ3) is 1.80. The number of nitrogens with two attached hydrogens (primary N) is 1. The first kappa shape index (κ1) is 12.0. The number of anilines is 1. The van der Waals surface area contributed by atoms with Gasteiger partial charge in [-0.3, -0.25) is 0 Å². The van der Waals surface area contributed by atoms with Crippen LogP contribution in [0.4, 0.5) is 5.69 Å². The van der Waals surface area contributed by atoms with E-state index in [2.05, 4.69) is 11.9 Å². The maximum atomic E-state index is 6.20. The first-order valence-electron chi connectivity index (χ1n) is 5.51. The van der Waals surface area contributed by atoms with E-state index in [1.807, 2.05) is 13.0 Å². The third-order valence-electron chi connectivity index (χ3n) is 2.97. The molecule has 0 bridgehead atoms. The minimum Gasteiger partial charge on any atom is -0.494 e. The zero-order valence-electron chi connectivity index (χ0n) is 10.2. The summed E-state index contributed by atoms with van der Waals surface area (Å²) in [5.74, 6) is 0.696. The number of hydrogen-bond donors (Lipinski definition) is 1. The summed E-state index contributed by atoms with van der Waals surface area (Å²) >= 11 is 6.20. The lowest BCUT2D eigenvalue weighted by Crippen LogP contribution is -2.02. The number of halogens is 1. The molecule has 1 heterocycles. The lowest BCUT2D eigenvalue weighted by molar-refractivity contribution is 0.419. The van der Waals surface area contributed by atoms with E-state index in [1.165, 1.54) is 0 Å². The highest BCUT2D eigenvalue weighted by Gasteiger charge is 2.14. The normalized spacial score (nSPS) is 10.8. The molecule has 0 amide bonds. The van der Waals surface area contributed by atoms with Gasteiger partial charge in [-0.05, 0) is 31.0 Å². The fraction of sp³-hybridized carbons (Fsp3) is 0.308. The topological polar surface area (TPSA) is 48.1 Å². The van der Waals surface area contributed by atoms with Crippen LogP contribution in [0.15, 0.2) is 12.1 Å². The van der Waals surface area contributed by atoms with Gasteiger partial charge in [-0.2, -0.15) is 0 Å². The number of benzene rings is 1. The van der Waals surface area contributed by atoms with Crippen molar-refractivity contribution in [2.45, 2.75) is 20.3 Å². The van der Waals surface area contributed by atoms with E-state index in [1.54, 1.807) is 13.2 Å². The zero-order chi connectivity index (χ0) is 12.6. The van der Waals surface area contributed by atoms with E-state index < -0.39 is 0 Å². The summed E-state index contributed by atoms with van der Waals surface area (Å²) in [5, 5.41) is 1.40. The molecule has 90 valence electrons. The highest BCUT2D eigenvalue weighted by atomic mass is 35.5. The Kier molecular flexibility index (Phi) is 3.11. The van der Waals surface area contributed by atoms with Crippen molar-refractivity contribution in [1.82, 2.24) is 4.98 Å². The Morgan fingerprint density at radius 1 is 1.41 bits per heavy atom. The van der Waals surface area contributed by atoms with Gasteiger partial charge in [0.25, 0.3) is 0 Å². The lowest BCUT2D eigenvalue weighted by Gasteiger charge is -2.13. The van der Waals surface area contributed by atoms with Crippen molar-refractivity contribution in [3.05, 3.63) is 28.4 Å². The smallest absolute Gasteiger partial charge is 0.145 e. The van der Waals surface area contributed by atoms with Crippen LogP contribution in [0.5, 0.6) is 5.75 Å². The summed E-state index contributed by atoms with van der Waals surface area (Å²) in [7, 11) is 1.61. The summed E-state index contributed by atoms with van der Waals surface area (Å²) in [4.78, 5) is 4.55. The molecule has 0 saturated heterocycles. The van der Waals surface area contributed by atoms with Crippen LogP contribution in [0.1, 0.15) is 18.2 Å². The maximum Gasteiger partial charge on any atom is 0.145 e. The van der Waals surface area contributed by atoms with Gasteiger partial charge in [-0.1, -0.05) is 18.5 Å². The van der Waals surface area contributed by atoms with Crippen molar-refractivity contribution >= 4 is 28.2 Å². The number of aromatic nitrogens is 1. The van der Waals surface area contributed by atoms with Crippen LogP contribution in [-0.2, 0) is 6.42 Å². The molecule has 3 nitrogen and oxygen atoms in total. The molecule has 0 aliphatic carbocycles. The number of fused-ring (bicyclic) bond motifs is 1. The van der Waals surface area contributed by atoms with Crippen molar-refractivity contribution in [3.63, 3.8) is 0 Å². The van der Waals surface area contributed by atoms with Gasteiger partial charge in [0, 0.05) is 16.8 Å². The second kappa shape index (κ2) is 4.41. The monoisotopic (exact) mass is 250 g/mol. The SMILES string of the molecule is CCc1c(C)nc2c(OC)ccc(Cl)c2c1N. The molecule has 2 rings (SSSR count). The molecule has 2 aromatic rings. The molecule has 0 saturated carbocycles. The second-order valence-electron chi connectivity index (χ2n) is 3.92. The Morgan fingerprint density at radius 2 is 2.12 bits per heavy atom. The quantitative estimate of drug-likeness (QED) is 0.889. The molecular weight excluding hydrogens is 236 g/mol. The van der Waals surface area contributed by atoms with Crippen LogP contribution in [-0.4, -0.2) is 12.1 Å². The van der Waals surface area contributed by atoms with Gasteiger partial charge >= 0.3 is 0 Å². The molecule has 1 aromatic carbocycles. The van der Waals surface area contributed by atoms with E-state index in [9.17, 15) is 0 Å². The van der Waals surface area contributed by atoms with E-state index >= 15 is 0 Å². The van der Waals surface area contributed by atoms with Gasteiger partial charge in [0.05, 0.1) is 12.1 Å². The first-order chi connectivity index (χ1) is 8.10. The molecule has 0 aliphatic heterocycles. The number of hydrogen-bond acceptors (Lipinski definition) is 3. The van der Waals surface area contributed by atoms with Crippen LogP contribution in [0, 0.1) is 6.92 Å². The van der Waals surface area contributed by atoms with E-state index in [4.69, 9.17) is 22.1 Å². The summed E-state index contributed by atoms with van der Waals surface area (Å²) in [6.07, 6.45) is 0.841. The first-order valence-corrected chi connectivity index (χ1v) is 5.89. The van der Waals surface area contributed by atoms with E-state index in [0.29, 0.717) is 16.5 Å². The Hall–Kier alpha value is -1.48. The minimum atomic E-state index is 0.612. The molecule has 17 heavy (non-hydrogen) atoms. The predicted molar refractivity (Wildman–Crippen MR) is 71.8 cm³/mol. The molecule has 0 atom stereocenters. The van der Waals surface area contributed by atoms with Gasteiger partial charge in [-0.25, -0.2) is 4.98 Å². The van der Waals surface area contributed by atoms with Gasteiger partial charge in [0.1, 0.15) is 11.3 Å². The summed E-state index contributed by atoms with van der Waals surface area (Å²) in [6.45, 7) is 4.01. The number of rotatable bonds is 2. The Balaban J connectivity index is 2.94. The molecule has 0 radical (unpaired) electrons. The molecule has 0 unspecified atom stereocenters. The number of methoxy groups -OCH3 is 1. The molecular formula is C13H15ClN2O. The highest BCUT2D eigenvalue weighted by molar-refractivity contribution is 6.36. The van der Waals surface area contributed by atoms with Crippen molar-refractivity contribution in [2.75, 3.05) is 12.8 Å². The van der Waals surface area contributed by atoms with Gasteiger partial charge in [0.15, 0.2) is 0 Å². The Morgan fingerprint density at radius 3 is 2.71 bits per heavy atom. The maximum absolute atomic E-state index is 6.20. The molecule has 1 aromatic heterocycles. The largest absolute Gasteiger partial charge is 0.494 e. The minimum absolute atomic E-state index is 0.612. The summed E-state index contributed by atoms with van der Waals surface area (Å²) in [6, 6.07) is 3.59. The van der Waals surface area contributed by atoms with Crippen molar-refractivity contribution < 1.29 is 4.74 Å². The number of aryl methyl sites for hydroxylation is 1. The van der Waals surface area contributed by atoms with Crippen LogP contribution in [0.3, 0.4) is 0 Å². The standard InChI is InChI=1S/C13H15ClN2O/c1-4-8-7(2)16-13-10(17-3)6-5-9(14)11(13)12(8)15/h5-6H,4H2,1-3H3,(H2,15,16). The molecule has 0 fully saturated rings. The van der Waals surface area contributed by atoms with Gasteiger partial charge in [0.2, 0.25) is 0 Å². The van der Waals surface area contributed by atoms with Crippen molar-refractivity contribution in [3.8, 4) is 5.75 Å². The average molecular weight is 251 g/mol. The predicted octanol–water partition coefficient (Wildman–Crippen LogP) is 3.35. The fourth-order valence-electron chi connectivity index (χ4n) is 2.11. The van der Waals surface area contributed by atoms with Gasteiger partial charge < -0.3 is 10.5 Å². The number of nitrogens with zero attached hydrogens (tertiary/aromatic N) is 1. The highest BCUT2D eigenvalue weighted by Crippen LogP contribution is 2.36. The summed E-state index contributed by atoms with van der Waals surface area (Å²) < 4.78 is 5.29. The Bertz CT molecular complexity index is 581. The van der Waals surface area contributed by atoms with E-state index in [0.717, 1.165) is 28.6 Å². The molecule has 4 heteroatoms. The average Bonchev–Trinajstić information content (AvgIpc) is 2.29. The number of pyridine rings is 1. The van der Waals surface area contributed by atoms with Crippen LogP contribution >= 0.6 is 11.6 Å². The van der Waals surface area contributed by atoms with Crippen LogP contribution < -0.4 is 10.5 Å². The second-order valence-corrected chi connectivity index (χ2v) is 4.32. The molecule has 0 spiro atoms. The lowest BCUT2D eigenvalue weighted by atomic mass is 10.0. The number of nitrogen functional groups attached to an aromatic ring is 1. The van der Waals surface area contributed by atoms with Crippen molar-refractivity contribution in [1.29, 1.82) is 0 Å². The van der Waals surface area contributed by atoms with Crippen molar-refractivity contribution in [2.24, 2.45) is 0 Å².